The van der Waals surface area contributed by atoms with E-state index in [-0.39, 0.29) is 17.5 Å². The molecule has 0 aliphatic rings. The maximum absolute atomic E-state index is 12.2. The van der Waals surface area contributed by atoms with Gasteiger partial charge in [0.1, 0.15) is 0 Å². The van der Waals surface area contributed by atoms with Crippen molar-refractivity contribution >= 4 is 22.5 Å². The van der Waals surface area contributed by atoms with Crippen LogP contribution in [0.5, 0.6) is 0 Å². The predicted molar refractivity (Wildman–Crippen MR) is 87.6 cm³/mol. The van der Waals surface area contributed by atoms with E-state index in [9.17, 15) is 4.79 Å². The highest BCUT2D eigenvalue weighted by Gasteiger charge is 2.27. The van der Waals surface area contributed by atoms with Crippen molar-refractivity contribution in [1.29, 1.82) is 0 Å². The number of anilines is 1. The van der Waals surface area contributed by atoms with Crippen molar-refractivity contribution < 1.29 is 4.79 Å². The molecule has 0 saturated carbocycles. The third-order valence-corrected chi connectivity index (χ3v) is 3.99. The number of nitrogens with zero attached hydrogens (tertiary/aromatic N) is 1. The molecule has 21 heavy (non-hydrogen) atoms. The van der Waals surface area contributed by atoms with Gasteiger partial charge < -0.3 is 5.32 Å². The van der Waals surface area contributed by atoms with E-state index in [0.717, 1.165) is 11.3 Å². The second-order valence-corrected chi connectivity index (χ2v) is 6.96. The van der Waals surface area contributed by atoms with Gasteiger partial charge in [-0.3, -0.25) is 5.32 Å². The molecule has 0 aliphatic heterocycles. The van der Waals surface area contributed by atoms with Crippen molar-refractivity contribution in [3.63, 3.8) is 0 Å². The van der Waals surface area contributed by atoms with Crippen molar-refractivity contribution in [3.05, 3.63) is 47.0 Å². The quantitative estimate of drug-likeness (QED) is 0.885. The number of benzene rings is 1. The fourth-order valence-corrected chi connectivity index (χ4v) is 2.80. The lowest BCUT2D eigenvalue weighted by Crippen LogP contribution is -2.39. The van der Waals surface area contributed by atoms with Crippen LogP contribution in [0.1, 0.15) is 38.1 Å². The van der Waals surface area contributed by atoms with Gasteiger partial charge in [0, 0.05) is 5.38 Å². The average molecular weight is 303 g/mol. The monoisotopic (exact) mass is 303 g/mol. The van der Waals surface area contributed by atoms with Crippen LogP contribution >= 0.6 is 11.3 Å². The number of carbonyl (C=O) groups excluding carboxylic acids is 1. The predicted octanol–water partition coefficient (Wildman–Crippen LogP) is 4.36. The second-order valence-electron chi connectivity index (χ2n) is 6.10. The van der Waals surface area contributed by atoms with Gasteiger partial charge in [-0.1, -0.05) is 51.1 Å². The molecule has 2 N–H and O–H groups in total. The van der Waals surface area contributed by atoms with Crippen LogP contribution in [0.4, 0.5) is 9.93 Å². The molecular weight excluding hydrogens is 282 g/mol. The standard InChI is InChI=1S/C16H21N3OS/c1-11-10-21-15(17-11)19-14(20)18-13(16(2,3)4)12-8-6-5-7-9-12/h5-10,13H,1-4H3,(H2,17,18,19,20). The smallest absolute Gasteiger partial charge is 0.321 e. The molecule has 0 radical (unpaired) electrons. The molecule has 0 bridgehead atoms. The molecule has 1 atom stereocenters. The lowest BCUT2D eigenvalue weighted by atomic mass is 9.82. The number of nitrogens with one attached hydrogen (secondary N) is 2. The number of carbonyl (C=O) groups is 1. The van der Waals surface area contributed by atoms with Gasteiger partial charge in [-0.25, -0.2) is 9.78 Å². The van der Waals surface area contributed by atoms with E-state index in [4.69, 9.17) is 0 Å². The third-order valence-electron chi connectivity index (χ3n) is 3.11. The summed E-state index contributed by atoms with van der Waals surface area (Å²) < 4.78 is 0. The first-order valence-electron chi connectivity index (χ1n) is 6.91. The van der Waals surface area contributed by atoms with E-state index in [1.165, 1.54) is 11.3 Å². The molecular formula is C16H21N3OS. The molecule has 112 valence electrons. The number of aryl methyl sites for hydroxylation is 1. The maximum Gasteiger partial charge on any atom is 0.321 e. The highest BCUT2D eigenvalue weighted by atomic mass is 32.1. The van der Waals surface area contributed by atoms with Crippen molar-refractivity contribution in [2.45, 2.75) is 33.7 Å². The summed E-state index contributed by atoms with van der Waals surface area (Å²) in [5.41, 5.74) is 1.92. The summed E-state index contributed by atoms with van der Waals surface area (Å²) in [6.07, 6.45) is 0. The molecule has 1 aromatic heterocycles. The highest BCUT2D eigenvalue weighted by Crippen LogP contribution is 2.32. The molecule has 1 heterocycles. The largest absolute Gasteiger partial charge is 0.330 e. The zero-order chi connectivity index (χ0) is 15.5. The van der Waals surface area contributed by atoms with Gasteiger partial charge in [-0.15, -0.1) is 11.3 Å². The fraction of sp³-hybridized carbons (Fsp3) is 0.375. The van der Waals surface area contributed by atoms with Gasteiger partial charge in [-0.05, 0) is 17.9 Å². The lowest BCUT2D eigenvalue weighted by molar-refractivity contribution is 0.229. The summed E-state index contributed by atoms with van der Waals surface area (Å²) >= 11 is 1.43. The molecule has 0 spiro atoms. The molecule has 4 nitrogen and oxygen atoms in total. The lowest BCUT2D eigenvalue weighted by Gasteiger charge is -2.31. The number of hydrogen-bond donors (Lipinski definition) is 2. The Balaban J connectivity index is 2.11. The van der Waals surface area contributed by atoms with Gasteiger partial charge in [0.05, 0.1) is 11.7 Å². The fourth-order valence-electron chi connectivity index (χ4n) is 2.12. The number of aromatic nitrogens is 1. The first-order valence-corrected chi connectivity index (χ1v) is 7.79. The van der Waals surface area contributed by atoms with Gasteiger partial charge in [0.25, 0.3) is 0 Å². The summed E-state index contributed by atoms with van der Waals surface area (Å²) in [4.78, 5) is 16.4. The Morgan fingerprint density at radius 1 is 1.24 bits per heavy atom. The molecule has 5 heteroatoms. The van der Waals surface area contributed by atoms with E-state index in [0.29, 0.717) is 5.13 Å². The SMILES string of the molecule is Cc1csc(NC(=O)NC(c2ccccc2)C(C)(C)C)n1. The minimum Gasteiger partial charge on any atom is -0.330 e. The van der Waals surface area contributed by atoms with E-state index < -0.39 is 0 Å². The van der Waals surface area contributed by atoms with Crippen molar-refractivity contribution in [3.8, 4) is 0 Å². The van der Waals surface area contributed by atoms with Crippen LogP contribution in [0.2, 0.25) is 0 Å². The number of hydrogen-bond acceptors (Lipinski definition) is 3. The van der Waals surface area contributed by atoms with Gasteiger partial charge in [0.2, 0.25) is 0 Å². The average Bonchev–Trinajstić information content (AvgIpc) is 2.81. The molecule has 2 aromatic rings. The number of urea groups is 1. The molecule has 0 aliphatic carbocycles. The summed E-state index contributed by atoms with van der Waals surface area (Å²) in [5, 5.41) is 8.37. The van der Waals surface area contributed by atoms with Crippen LogP contribution in [0.15, 0.2) is 35.7 Å². The number of thiazole rings is 1. The number of amides is 2. The van der Waals surface area contributed by atoms with Gasteiger partial charge in [0.15, 0.2) is 5.13 Å². The molecule has 2 amide bonds. The summed E-state index contributed by atoms with van der Waals surface area (Å²) in [7, 11) is 0. The first kappa shape index (κ1) is 15.5. The third kappa shape index (κ3) is 4.29. The topological polar surface area (TPSA) is 54.0 Å². The van der Waals surface area contributed by atoms with Crippen molar-refractivity contribution in [1.82, 2.24) is 10.3 Å². The Bertz CT molecular complexity index is 601. The zero-order valence-corrected chi connectivity index (χ0v) is 13.6. The minimum absolute atomic E-state index is 0.0697. The van der Waals surface area contributed by atoms with Crippen LogP contribution in [0.25, 0.3) is 0 Å². The van der Waals surface area contributed by atoms with E-state index in [1.807, 2.05) is 42.6 Å². The molecule has 0 saturated heterocycles. The number of rotatable bonds is 3. The van der Waals surface area contributed by atoms with Crippen LogP contribution in [0, 0.1) is 12.3 Å². The normalized spacial score (nSPS) is 12.8. The van der Waals surface area contributed by atoms with Crippen molar-refractivity contribution in [2.24, 2.45) is 5.41 Å². The van der Waals surface area contributed by atoms with Crippen LogP contribution < -0.4 is 10.6 Å². The Hall–Kier alpha value is -1.88. The molecule has 1 aromatic carbocycles. The zero-order valence-electron chi connectivity index (χ0n) is 12.8. The second kappa shape index (κ2) is 6.26. The Labute approximate surface area is 129 Å². The van der Waals surface area contributed by atoms with Gasteiger partial charge in [-0.2, -0.15) is 0 Å². The Morgan fingerprint density at radius 2 is 1.90 bits per heavy atom. The van der Waals surface area contributed by atoms with Gasteiger partial charge >= 0.3 is 6.03 Å². The first-order chi connectivity index (χ1) is 9.86. The summed E-state index contributed by atoms with van der Waals surface area (Å²) in [5.74, 6) is 0. The van der Waals surface area contributed by atoms with E-state index in [1.54, 1.807) is 0 Å². The molecule has 1 unspecified atom stereocenters. The van der Waals surface area contributed by atoms with E-state index >= 15 is 0 Å². The van der Waals surface area contributed by atoms with Crippen LogP contribution in [-0.2, 0) is 0 Å². The Kier molecular flexibility index (Phi) is 4.63. The maximum atomic E-state index is 12.2. The molecule has 0 fully saturated rings. The highest BCUT2D eigenvalue weighted by molar-refractivity contribution is 7.13. The van der Waals surface area contributed by atoms with Crippen LogP contribution in [0.3, 0.4) is 0 Å². The summed E-state index contributed by atoms with van der Waals surface area (Å²) in [6, 6.07) is 9.71. The summed E-state index contributed by atoms with van der Waals surface area (Å²) in [6.45, 7) is 8.23. The molecule has 2 rings (SSSR count). The Morgan fingerprint density at radius 3 is 2.43 bits per heavy atom. The van der Waals surface area contributed by atoms with E-state index in [2.05, 4.69) is 36.4 Å². The van der Waals surface area contributed by atoms with Crippen LogP contribution in [-0.4, -0.2) is 11.0 Å². The minimum atomic E-state index is -0.229. The van der Waals surface area contributed by atoms with Crippen molar-refractivity contribution in [2.75, 3.05) is 5.32 Å².